The molecule has 4 rings (SSSR count). The van der Waals surface area contributed by atoms with Gasteiger partial charge in [0.25, 0.3) is 17.7 Å². The third kappa shape index (κ3) is 3.64. The maximum Gasteiger partial charge on any atom is 0.323 e. The largest absolute Gasteiger partial charge is 0.463 e. The predicted molar refractivity (Wildman–Crippen MR) is 112 cm³/mol. The summed E-state index contributed by atoms with van der Waals surface area (Å²) in [6, 6.07) is 3.18. The molecule has 170 valence electrons. The highest BCUT2D eigenvalue weighted by molar-refractivity contribution is 6.25. The Hall–Kier alpha value is -3.27. The predicted octanol–water partition coefficient (Wildman–Crippen LogP) is 0.410. The van der Waals surface area contributed by atoms with Crippen LogP contribution in [0.5, 0.6) is 0 Å². The summed E-state index contributed by atoms with van der Waals surface area (Å²) in [6.45, 7) is 3.31. The molecule has 1 aromatic rings. The molecular formula is C22H26N4O6. The van der Waals surface area contributed by atoms with Gasteiger partial charge >= 0.3 is 5.97 Å². The van der Waals surface area contributed by atoms with Gasteiger partial charge in [-0.05, 0) is 44.5 Å². The van der Waals surface area contributed by atoms with Crippen molar-refractivity contribution in [3.63, 3.8) is 0 Å². The molecule has 10 nitrogen and oxygen atoms in total. The van der Waals surface area contributed by atoms with Gasteiger partial charge in [-0.3, -0.25) is 38.7 Å². The molecule has 10 heteroatoms. The number of hydrogen-bond acceptors (Lipinski definition) is 8. The van der Waals surface area contributed by atoms with Crippen LogP contribution in [-0.4, -0.2) is 82.6 Å². The van der Waals surface area contributed by atoms with Gasteiger partial charge in [0.1, 0.15) is 18.7 Å². The zero-order valence-corrected chi connectivity index (χ0v) is 17.9. The summed E-state index contributed by atoms with van der Waals surface area (Å²) < 4.78 is 5.34. The summed E-state index contributed by atoms with van der Waals surface area (Å²) in [5.41, 5.74) is 6.26. The van der Waals surface area contributed by atoms with Gasteiger partial charge in [0.2, 0.25) is 5.91 Å². The van der Waals surface area contributed by atoms with E-state index in [2.05, 4.69) is 0 Å². The molecule has 2 N–H and O–H groups in total. The Bertz CT molecular complexity index is 993. The molecule has 0 bridgehead atoms. The summed E-state index contributed by atoms with van der Waals surface area (Å²) in [5.74, 6) is -2.68. The number of likely N-dealkylation sites (N-methyl/N-ethyl adjacent to an activating group) is 1. The van der Waals surface area contributed by atoms with Crippen LogP contribution < -0.4 is 5.73 Å². The Kier molecular flexibility index (Phi) is 5.96. The summed E-state index contributed by atoms with van der Waals surface area (Å²) in [4.78, 5) is 67.4. The van der Waals surface area contributed by atoms with Gasteiger partial charge in [0.05, 0.1) is 17.7 Å². The van der Waals surface area contributed by atoms with Gasteiger partial charge in [0, 0.05) is 12.1 Å². The number of hydrogen-bond donors (Lipinski definition) is 1. The van der Waals surface area contributed by atoms with Gasteiger partial charge in [-0.25, -0.2) is 0 Å². The highest BCUT2D eigenvalue weighted by atomic mass is 16.5. The van der Waals surface area contributed by atoms with E-state index in [0.717, 1.165) is 35.7 Å². The van der Waals surface area contributed by atoms with Crippen LogP contribution in [0.4, 0.5) is 5.69 Å². The number of amides is 4. The van der Waals surface area contributed by atoms with Gasteiger partial charge < -0.3 is 10.5 Å². The molecular weight excluding hydrogens is 416 g/mol. The van der Waals surface area contributed by atoms with Crippen molar-refractivity contribution in [3.8, 4) is 0 Å². The fourth-order valence-electron chi connectivity index (χ4n) is 4.71. The zero-order chi connectivity index (χ0) is 23.0. The number of imide groups is 2. The monoisotopic (exact) mass is 442 g/mol. The van der Waals surface area contributed by atoms with Crippen molar-refractivity contribution in [2.24, 2.45) is 0 Å². The Morgan fingerprint density at radius 2 is 1.94 bits per heavy atom. The number of carbonyl (C=O) groups excluding carboxylic acids is 5. The first-order valence-electron chi connectivity index (χ1n) is 10.9. The summed E-state index contributed by atoms with van der Waals surface area (Å²) >= 11 is 0. The lowest BCUT2D eigenvalue weighted by Gasteiger charge is -2.34. The highest BCUT2D eigenvalue weighted by Gasteiger charge is 2.47. The average Bonchev–Trinajstić information content (AvgIpc) is 3.35. The van der Waals surface area contributed by atoms with Crippen molar-refractivity contribution in [1.82, 2.24) is 14.7 Å². The summed E-state index contributed by atoms with van der Waals surface area (Å²) in [7, 11) is 0. The topological polar surface area (TPSA) is 130 Å². The van der Waals surface area contributed by atoms with E-state index in [1.165, 1.54) is 12.1 Å². The molecule has 4 amide bonds. The number of esters is 1. The van der Waals surface area contributed by atoms with Crippen LogP contribution >= 0.6 is 0 Å². The normalized spacial score (nSPS) is 23.8. The van der Waals surface area contributed by atoms with E-state index in [1.54, 1.807) is 6.07 Å². The first kappa shape index (κ1) is 21.9. The Morgan fingerprint density at radius 1 is 1.16 bits per heavy atom. The minimum Gasteiger partial charge on any atom is -0.463 e. The summed E-state index contributed by atoms with van der Waals surface area (Å²) in [6.07, 6.45) is 1.69. The van der Waals surface area contributed by atoms with Crippen molar-refractivity contribution in [2.75, 3.05) is 32.0 Å². The molecule has 0 radical (unpaired) electrons. The van der Waals surface area contributed by atoms with Gasteiger partial charge in [-0.1, -0.05) is 13.0 Å². The van der Waals surface area contributed by atoms with Crippen molar-refractivity contribution >= 4 is 35.3 Å². The maximum absolute atomic E-state index is 13.1. The molecule has 3 heterocycles. The lowest BCUT2D eigenvalue weighted by molar-refractivity contribution is -0.157. The number of rotatable bonds is 6. The number of likely N-dealkylation sites (tertiary alicyclic amines) is 2. The second-order valence-electron chi connectivity index (χ2n) is 8.14. The Morgan fingerprint density at radius 3 is 2.66 bits per heavy atom. The number of nitrogen functional groups attached to an aromatic ring is 1. The lowest BCUT2D eigenvalue weighted by atomic mass is 10.0. The van der Waals surface area contributed by atoms with E-state index < -0.39 is 29.7 Å². The quantitative estimate of drug-likeness (QED) is 0.381. The third-order valence-corrected chi connectivity index (χ3v) is 6.38. The van der Waals surface area contributed by atoms with E-state index >= 15 is 0 Å². The molecule has 0 saturated carbocycles. The van der Waals surface area contributed by atoms with Crippen molar-refractivity contribution in [1.29, 1.82) is 0 Å². The second-order valence-corrected chi connectivity index (χ2v) is 8.14. The van der Waals surface area contributed by atoms with E-state index in [1.807, 2.05) is 11.8 Å². The summed E-state index contributed by atoms with van der Waals surface area (Å²) in [5, 5.41) is 0. The molecule has 0 aromatic heterocycles. The Labute approximate surface area is 185 Å². The highest BCUT2D eigenvalue weighted by Crippen LogP contribution is 2.32. The van der Waals surface area contributed by atoms with E-state index in [-0.39, 0.29) is 54.8 Å². The van der Waals surface area contributed by atoms with Crippen LogP contribution in [0.1, 0.15) is 53.3 Å². The van der Waals surface area contributed by atoms with Crippen LogP contribution in [-0.2, 0) is 19.1 Å². The fraction of sp³-hybridized carbons (Fsp3) is 0.500. The van der Waals surface area contributed by atoms with Crippen molar-refractivity contribution in [2.45, 2.75) is 44.7 Å². The van der Waals surface area contributed by atoms with E-state index in [0.29, 0.717) is 0 Å². The first-order valence-corrected chi connectivity index (χ1v) is 10.9. The molecule has 2 fully saturated rings. The van der Waals surface area contributed by atoms with E-state index in [9.17, 15) is 24.0 Å². The van der Waals surface area contributed by atoms with Crippen molar-refractivity contribution < 1.29 is 28.7 Å². The first-order chi connectivity index (χ1) is 15.3. The molecule has 32 heavy (non-hydrogen) atoms. The minimum absolute atomic E-state index is 0.000518. The Balaban J connectivity index is 1.42. The fourth-order valence-corrected chi connectivity index (χ4v) is 4.71. The number of carbonyl (C=O) groups is 5. The van der Waals surface area contributed by atoms with Gasteiger partial charge in [-0.2, -0.15) is 0 Å². The van der Waals surface area contributed by atoms with Crippen LogP contribution in [0.3, 0.4) is 0 Å². The molecule has 3 aliphatic heterocycles. The second kappa shape index (κ2) is 8.70. The molecule has 1 unspecified atom stereocenters. The number of ether oxygens (including phenoxy) is 1. The number of nitrogens with zero attached hydrogens (tertiary/aromatic N) is 3. The van der Waals surface area contributed by atoms with Crippen molar-refractivity contribution in [3.05, 3.63) is 29.3 Å². The SMILES string of the molecule is CCN1CCC[C@H]1C(=O)OCCN1C(=O)CCC(N2C(=O)c3cccc(N)c3C2=O)C1=O. The minimum atomic E-state index is -1.10. The average molecular weight is 442 g/mol. The number of anilines is 1. The van der Waals surface area contributed by atoms with Crippen LogP contribution in [0.2, 0.25) is 0 Å². The van der Waals surface area contributed by atoms with Crippen LogP contribution in [0.25, 0.3) is 0 Å². The van der Waals surface area contributed by atoms with Crippen LogP contribution in [0.15, 0.2) is 18.2 Å². The molecule has 2 saturated heterocycles. The lowest BCUT2D eigenvalue weighted by Crippen LogP contribution is -2.56. The van der Waals surface area contributed by atoms with Gasteiger partial charge in [0.15, 0.2) is 0 Å². The molecule has 2 atom stereocenters. The standard InChI is InChI=1S/C22H26N4O6/c1-2-24-10-4-7-16(24)22(31)32-12-11-25-17(27)9-8-15(20(25)29)26-19(28)13-5-3-6-14(23)18(13)21(26)30/h3,5-6,15-16H,2,4,7-12,23H2,1H3/t15?,16-/m0/s1. The third-order valence-electron chi connectivity index (χ3n) is 6.38. The number of benzene rings is 1. The smallest absolute Gasteiger partial charge is 0.323 e. The zero-order valence-electron chi connectivity index (χ0n) is 17.9. The van der Waals surface area contributed by atoms with E-state index in [4.69, 9.17) is 10.5 Å². The number of piperidine rings is 1. The molecule has 0 spiro atoms. The molecule has 0 aliphatic carbocycles. The van der Waals surface area contributed by atoms with Gasteiger partial charge in [-0.15, -0.1) is 0 Å². The maximum atomic E-state index is 13.1. The molecule has 3 aliphatic rings. The van der Waals surface area contributed by atoms with Crippen LogP contribution in [0, 0.1) is 0 Å². The number of fused-ring (bicyclic) bond motifs is 1. The number of nitrogens with two attached hydrogens (primary N) is 1. The molecule has 1 aromatic carbocycles.